The highest BCUT2D eigenvalue weighted by Gasteiger charge is 2.22. The second-order valence-electron chi connectivity index (χ2n) is 6.71. The molecule has 31 heavy (non-hydrogen) atoms. The van der Waals surface area contributed by atoms with Crippen molar-refractivity contribution in [2.75, 3.05) is 18.5 Å². The maximum Gasteiger partial charge on any atom is 0.337 e. The predicted molar refractivity (Wildman–Crippen MR) is 117 cm³/mol. The van der Waals surface area contributed by atoms with Gasteiger partial charge in [-0.1, -0.05) is 36.4 Å². The molecule has 0 atom stereocenters. The van der Waals surface area contributed by atoms with Crippen molar-refractivity contribution in [1.29, 1.82) is 0 Å². The number of hydrogen-bond donors (Lipinski definition) is 1. The molecule has 0 heterocycles. The van der Waals surface area contributed by atoms with Gasteiger partial charge in [-0.3, -0.25) is 9.10 Å². The Morgan fingerprint density at radius 2 is 1.58 bits per heavy atom. The van der Waals surface area contributed by atoms with Crippen LogP contribution >= 0.6 is 0 Å². The molecule has 0 spiro atoms. The van der Waals surface area contributed by atoms with Crippen molar-refractivity contribution < 1.29 is 22.7 Å². The SMILES string of the molecule is COC(=O)c1ccc(CNC(=O)c2cccc(S(=O)(=O)N(C)c3ccccc3)c2)cc1. The van der Waals surface area contributed by atoms with E-state index in [9.17, 15) is 18.0 Å². The standard InChI is InChI=1S/C23H22N2O5S/c1-25(20-8-4-3-5-9-20)31(28,29)21-10-6-7-19(15-21)22(26)24-16-17-11-13-18(14-12-17)23(27)30-2/h3-15H,16H2,1-2H3,(H,24,26). The Morgan fingerprint density at radius 1 is 0.903 bits per heavy atom. The molecule has 0 saturated carbocycles. The molecular formula is C23H22N2O5S. The van der Waals surface area contributed by atoms with E-state index in [4.69, 9.17) is 0 Å². The first-order chi connectivity index (χ1) is 14.8. The Balaban J connectivity index is 1.72. The van der Waals surface area contributed by atoms with Gasteiger partial charge in [0.1, 0.15) is 0 Å². The largest absolute Gasteiger partial charge is 0.465 e. The van der Waals surface area contributed by atoms with E-state index < -0.39 is 21.9 Å². The molecule has 160 valence electrons. The first-order valence-corrected chi connectivity index (χ1v) is 10.9. The van der Waals surface area contributed by atoms with Gasteiger partial charge in [-0.15, -0.1) is 0 Å². The Morgan fingerprint density at radius 3 is 2.23 bits per heavy atom. The average molecular weight is 439 g/mol. The number of methoxy groups -OCH3 is 1. The number of para-hydroxylation sites is 1. The molecule has 1 amide bonds. The van der Waals surface area contributed by atoms with E-state index in [0.29, 0.717) is 11.3 Å². The highest BCUT2D eigenvalue weighted by atomic mass is 32.2. The Bertz CT molecular complexity index is 1180. The van der Waals surface area contributed by atoms with Crippen molar-refractivity contribution in [3.63, 3.8) is 0 Å². The molecule has 7 nitrogen and oxygen atoms in total. The summed E-state index contributed by atoms with van der Waals surface area (Å²) in [4.78, 5) is 24.1. The summed E-state index contributed by atoms with van der Waals surface area (Å²) in [6.07, 6.45) is 0. The van der Waals surface area contributed by atoms with E-state index in [1.54, 1.807) is 60.7 Å². The molecule has 0 unspecified atom stereocenters. The van der Waals surface area contributed by atoms with Crippen LogP contribution in [0, 0.1) is 0 Å². The molecule has 0 saturated heterocycles. The van der Waals surface area contributed by atoms with Crippen LogP contribution in [0.3, 0.4) is 0 Å². The zero-order chi connectivity index (χ0) is 22.4. The van der Waals surface area contributed by atoms with Crippen molar-refractivity contribution in [3.8, 4) is 0 Å². The molecule has 1 N–H and O–H groups in total. The van der Waals surface area contributed by atoms with Gasteiger partial charge in [0.25, 0.3) is 15.9 Å². The van der Waals surface area contributed by atoms with Crippen LogP contribution in [0.5, 0.6) is 0 Å². The van der Waals surface area contributed by atoms with E-state index in [2.05, 4.69) is 10.1 Å². The minimum absolute atomic E-state index is 0.0222. The molecule has 3 aromatic rings. The van der Waals surface area contributed by atoms with Crippen molar-refractivity contribution in [2.45, 2.75) is 11.4 Å². The number of benzene rings is 3. The number of esters is 1. The molecule has 0 bridgehead atoms. The molecule has 0 fully saturated rings. The molecular weight excluding hydrogens is 416 g/mol. The summed E-state index contributed by atoms with van der Waals surface area (Å²) in [5.74, 6) is -0.842. The highest BCUT2D eigenvalue weighted by Crippen LogP contribution is 2.22. The van der Waals surface area contributed by atoms with Crippen molar-refractivity contribution in [2.24, 2.45) is 0 Å². The number of amides is 1. The first-order valence-electron chi connectivity index (χ1n) is 9.42. The van der Waals surface area contributed by atoms with Crippen LogP contribution in [-0.4, -0.2) is 34.5 Å². The molecule has 0 aromatic heterocycles. The summed E-state index contributed by atoms with van der Waals surface area (Å²) >= 11 is 0. The lowest BCUT2D eigenvalue weighted by Gasteiger charge is -2.19. The average Bonchev–Trinajstić information content (AvgIpc) is 2.82. The van der Waals surface area contributed by atoms with Gasteiger partial charge in [0, 0.05) is 19.2 Å². The molecule has 3 aromatic carbocycles. The van der Waals surface area contributed by atoms with Gasteiger partial charge in [-0.05, 0) is 48.0 Å². The summed E-state index contributed by atoms with van der Waals surface area (Å²) in [6.45, 7) is 0.223. The fraction of sp³-hybridized carbons (Fsp3) is 0.130. The van der Waals surface area contributed by atoms with Gasteiger partial charge < -0.3 is 10.1 Å². The van der Waals surface area contributed by atoms with Crippen LogP contribution in [0.1, 0.15) is 26.3 Å². The molecule has 3 rings (SSSR count). The topological polar surface area (TPSA) is 92.8 Å². The number of carbonyl (C=O) groups excluding carboxylic acids is 2. The van der Waals surface area contributed by atoms with Crippen molar-refractivity contribution in [3.05, 3.63) is 95.6 Å². The highest BCUT2D eigenvalue weighted by molar-refractivity contribution is 7.92. The second kappa shape index (κ2) is 9.44. The van der Waals surface area contributed by atoms with Crippen LogP contribution in [0.25, 0.3) is 0 Å². The van der Waals surface area contributed by atoms with E-state index in [-0.39, 0.29) is 17.0 Å². The zero-order valence-corrected chi connectivity index (χ0v) is 17.9. The van der Waals surface area contributed by atoms with Crippen LogP contribution in [0.2, 0.25) is 0 Å². The van der Waals surface area contributed by atoms with Crippen LogP contribution in [-0.2, 0) is 21.3 Å². The Labute approximate surface area is 181 Å². The van der Waals surface area contributed by atoms with Crippen LogP contribution in [0.15, 0.2) is 83.8 Å². The number of carbonyl (C=O) groups is 2. The first kappa shape index (κ1) is 22.0. The quantitative estimate of drug-likeness (QED) is 0.572. The van der Waals surface area contributed by atoms with E-state index in [1.165, 1.54) is 36.7 Å². The molecule has 0 aliphatic rings. The minimum atomic E-state index is -3.82. The fourth-order valence-corrected chi connectivity index (χ4v) is 4.14. The third-order valence-corrected chi connectivity index (χ3v) is 6.48. The summed E-state index contributed by atoms with van der Waals surface area (Å²) in [5.41, 5.74) is 1.95. The third-order valence-electron chi connectivity index (χ3n) is 4.70. The van der Waals surface area contributed by atoms with Crippen molar-refractivity contribution >= 4 is 27.6 Å². The van der Waals surface area contributed by atoms with Gasteiger partial charge in [-0.2, -0.15) is 0 Å². The van der Waals surface area contributed by atoms with Crippen molar-refractivity contribution in [1.82, 2.24) is 5.32 Å². The summed E-state index contributed by atoms with van der Waals surface area (Å²) < 4.78 is 31.7. The molecule has 8 heteroatoms. The number of nitrogens with zero attached hydrogens (tertiary/aromatic N) is 1. The van der Waals surface area contributed by atoms with Gasteiger partial charge >= 0.3 is 5.97 Å². The number of ether oxygens (including phenoxy) is 1. The lowest BCUT2D eigenvalue weighted by atomic mass is 10.1. The van der Waals surface area contributed by atoms with E-state index in [0.717, 1.165) is 5.56 Å². The van der Waals surface area contributed by atoms with Gasteiger partial charge in [-0.25, -0.2) is 13.2 Å². The summed E-state index contributed by atoms with van der Waals surface area (Å²) in [5, 5.41) is 2.75. The lowest BCUT2D eigenvalue weighted by molar-refractivity contribution is 0.0600. The van der Waals surface area contributed by atoms with Gasteiger partial charge in [0.05, 0.1) is 23.3 Å². The third kappa shape index (κ3) is 5.10. The molecule has 0 aliphatic heterocycles. The number of nitrogens with one attached hydrogen (secondary N) is 1. The number of rotatable bonds is 7. The zero-order valence-electron chi connectivity index (χ0n) is 17.1. The maximum atomic E-state index is 13.0. The fourth-order valence-electron chi connectivity index (χ4n) is 2.89. The van der Waals surface area contributed by atoms with Gasteiger partial charge in [0.15, 0.2) is 0 Å². The summed E-state index contributed by atoms with van der Waals surface area (Å²) in [7, 11) is -1.05. The lowest BCUT2D eigenvalue weighted by Crippen LogP contribution is -2.27. The number of hydrogen-bond acceptors (Lipinski definition) is 5. The Hall–Kier alpha value is -3.65. The molecule has 0 aliphatic carbocycles. The van der Waals surface area contributed by atoms with Crippen LogP contribution in [0.4, 0.5) is 5.69 Å². The van der Waals surface area contributed by atoms with E-state index >= 15 is 0 Å². The Kier molecular flexibility index (Phi) is 6.71. The predicted octanol–water partition coefficient (Wildman–Crippen LogP) is 3.23. The molecule has 0 radical (unpaired) electrons. The minimum Gasteiger partial charge on any atom is -0.465 e. The number of anilines is 1. The second-order valence-corrected chi connectivity index (χ2v) is 8.68. The monoisotopic (exact) mass is 438 g/mol. The van der Waals surface area contributed by atoms with Gasteiger partial charge in [0.2, 0.25) is 0 Å². The smallest absolute Gasteiger partial charge is 0.337 e. The normalized spacial score (nSPS) is 10.9. The summed E-state index contributed by atoms with van der Waals surface area (Å²) in [6, 6.07) is 21.2. The van der Waals surface area contributed by atoms with E-state index in [1.807, 2.05) is 0 Å². The number of sulfonamides is 1. The van der Waals surface area contributed by atoms with Crippen LogP contribution < -0.4 is 9.62 Å². The maximum absolute atomic E-state index is 13.0.